The van der Waals surface area contributed by atoms with E-state index in [1.54, 1.807) is 6.33 Å². The van der Waals surface area contributed by atoms with Crippen molar-refractivity contribution in [1.82, 2.24) is 30.3 Å². The molecular formula is C17H34IN7. The second-order valence-corrected chi connectivity index (χ2v) is 6.46. The summed E-state index contributed by atoms with van der Waals surface area (Å²) in [4.78, 5) is 6.90. The molecule has 0 atom stereocenters. The topological polar surface area (TPSA) is 70.4 Å². The summed E-state index contributed by atoms with van der Waals surface area (Å²) in [7, 11) is 1.83. The summed E-state index contributed by atoms with van der Waals surface area (Å²) in [5, 5.41) is 14.9. The third-order valence-electron chi connectivity index (χ3n) is 4.69. The van der Waals surface area contributed by atoms with Crippen molar-refractivity contribution in [3.8, 4) is 0 Å². The van der Waals surface area contributed by atoms with Gasteiger partial charge in [-0.1, -0.05) is 13.8 Å². The molecule has 0 aromatic carbocycles. The van der Waals surface area contributed by atoms with Crippen LogP contribution in [0.5, 0.6) is 0 Å². The van der Waals surface area contributed by atoms with Gasteiger partial charge in [0.05, 0.1) is 0 Å². The third kappa shape index (κ3) is 7.47. The van der Waals surface area contributed by atoms with Crippen molar-refractivity contribution in [2.45, 2.75) is 46.1 Å². The summed E-state index contributed by atoms with van der Waals surface area (Å²) >= 11 is 0. The highest BCUT2D eigenvalue weighted by Gasteiger charge is 2.18. The van der Waals surface area contributed by atoms with Crippen LogP contribution in [0.4, 0.5) is 0 Å². The Balaban J connectivity index is 0.00000312. The zero-order chi connectivity index (χ0) is 17.2. The van der Waals surface area contributed by atoms with E-state index in [2.05, 4.69) is 49.1 Å². The number of rotatable bonds is 8. The van der Waals surface area contributed by atoms with Crippen LogP contribution < -0.4 is 10.6 Å². The van der Waals surface area contributed by atoms with Crippen LogP contribution in [0.15, 0.2) is 11.3 Å². The van der Waals surface area contributed by atoms with Gasteiger partial charge in [-0.2, -0.15) is 0 Å². The second-order valence-electron chi connectivity index (χ2n) is 6.46. The van der Waals surface area contributed by atoms with E-state index in [0.717, 1.165) is 43.8 Å². The van der Waals surface area contributed by atoms with Crippen LogP contribution in [0.1, 0.15) is 38.9 Å². The average Bonchev–Trinajstić information content (AvgIpc) is 3.07. The summed E-state index contributed by atoms with van der Waals surface area (Å²) in [5.74, 6) is 2.66. The lowest BCUT2D eigenvalue weighted by molar-refractivity contribution is 0.185. The highest BCUT2D eigenvalue weighted by Crippen LogP contribution is 2.16. The molecule has 1 fully saturated rings. The molecule has 1 aromatic heterocycles. The summed E-state index contributed by atoms with van der Waals surface area (Å²) in [6.07, 6.45) is 6.52. The monoisotopic (exact) mass is 463 g/mol. The first kappa shape index (κ1) is 22.1. The molecule has 1 aromatic rings. The standard InChI is InChI=1S/C17H33N7.HI/c1-4-9-23-10-6-15(7-11-23)13-20-17(18-3)19-8-12-24-14-21-22-16(24)5-2;/h14-15H,4-13H2,1-3H3,(H2,18,19,20);1H. The Morgan fingerprint density at radius 3 is 2.64 bits per heavy atom. The number of guanidine groups is 1. The predicted molar refractivity (Wildman–Crippen MR) is 114 cm³/mol. The number of nitrogens with zero attached hydrogens (tertiary/aromatic N) is 5. The van der Waals surface area contributed by atoms with Crippen molar-refractivity contribution >= 4 is 29.9 Å². The van der Waals surface area contributed by atoms with Crippen LogP contribution in [0.3, 0.4) is 0 Å². The van der Waals surface area contributed by atoms with Crippen molar-refractivity contribution in [3.05, 3.63) is 12.2 Å². The fourth-order valence-electron chi connectivity index (χ4n) is 3.23. The van der Waals surface area contributed by atoms with Gasteiger partial charge in [0.2, 0.25) is 0 Å². The number of piperidine rings is 1. The summed E-state index contributed by atoms with van der Waals surface area (Å²) in [5.41, 5.74) is 0. The van der Waals surface area contributed by atoms with Gasteiger partial charge < -0.3 is 20.1 Å². The lowest BCUT2D eigenvalue weighted by Gasteiger charge is -2.32. The molecule has 2 heterocycles. The van der Waals surface area contributed by atoms with E-state index < -0.39 is 0 Å². The SMILES string of the molecule is CCCN1CCC(CNC(=NC)NCCn2cnnc2CC)CC1.I. The molecule has 0 radical (unpaired) electrons. The first-order valence-electron chi connectivity index (χ1n) is 9.30. The largest absolute Gasteiger partial charge is 0.356 e. The van der Waals surface area contributed by atoms with Crippen LogP contribution in [0.2, 0.25) is 0 Å². The fraction of sp³-hybridized carbons (Fsp3) is 0.824. The zero-order valence-electron chi connectivity index (χ0n) is 15.9. The van der Waals surface area contributed by atoms with Gasteiger partial charge in [0, 0.05) is 33.1 Å². The smallest absolute Gasteiger partial charge is 0.191 e. The highest BCUT2D eigenvalue weighted by atomic mass is 127. The van der Waals surface area contributed by atoms with Crippen molar-refractivity contribution in [1.29, 1.82) is 0 Å². The zero-order valence-corrected chi connectivity index (χ0v) is 18.2. The highest BCUT2D eigenvalue weighted by molar-refractivity contribution is 14.0. The molecule has 0 bridgehead atoms. The second kappa shape index (κ2) is 12.5. The molecule has 0 unspecified atom stereocenters. The number of aliphatic imine (C=N–C) groups is 1. The Kier molecular flexibility index (Phi) is 11.0. The average molecular weight is 463 g/mol. The first-order chi connectivity index (χ1) is 11.8. The molecule has 8 heteroatoms. The Labute approximate surface area is 169 Å². The van der Waals surface area contributed by atoms with E-state index in [1.165, 1.54) is 38.9 Å². The maximum absolute atomic E-state index is 4.32. The minimum atomic E-state index is 0. The van der Waals surface area contributed by atoms with Crippen molar-refractivity contribution in [2.75, 3.05) is 39.8 Å². The Morgan fingerprint density at radius 2 is 2.00 bits per heavy atom. The number of aryl methyl sites for hydroxylation is 1. The molecule has 1 saturated heterocycles. The van der Waals surface area contributed by atoms with Crippen LogP contribution in [-0.2, 0) is 13.0 Å². The first-order valence-corrected chi connectivity index (χ1v) is 9.30. The lowest BCUT2D eigenvalue weighted by Crippen LogP contribution is -2.43. The van der Waals surface area contributed by atoms with Gasteiger partial charge in [-0.3, -0.25) is 4.99 Å². The van der Waals surface area contributed by atoms with Crippen LogP contribution in [0.25, 0.3) is 0 Å². The summed E-state index contributed by atoms with van der Waals surface area (Å²) in [6.45, 7) is 10.7. The predicted octanol–water partition coefficient (Wildman–Crippen LogP) is 1.75. The van der Waals surface area contributed by atoms with Crippen LogP contribution in [0, 0.1) is 5.92 Å². The molecule has 25 heavy (non-hydrogen) atoms. The molecular weight excluding hydrogens is 429 g/mol. The van der Waals surface area contributed by atoms with E-state index in [0.29, 0.717) is 0 Å². The minimum Gasteiger partial charge on any atom is -0.356 e. The molecule has 144 valence electrons. The number of nitrogens with one attached hydrogen (secondary N) is 2. The van der Waals surface area contributed by atoms with E-state index >= 15 is 0 Å². The quantitative estimate of drug-likeness (QED) is 0.349. The van der Waals surface area contributed by atoms with Gasteiger partial charge in [0.1, 0.15) is 12.2 Å². The van der Waals surface area contributed by atoms with Gasteiger partial charge in [0.15, 0.2) is 5.96 Å². The number of likely N-dealkylation sites (tertiary alicyclic amines) is 1. The van der Waals surface area contributed by atoms with E-state index in [4.69, 9.17) is 0 Å². The molecule has 2 rings (SSSR count). The van der Waals surface area contributed by atoms with Crippen molar-refractivity contribution in [2.24, 2.45) is 10.9 Å². The molecule has 1 aliphatic rings. The van der Waals surface area contributed by atoms with Crippen LogP contribution in [-0.4, -0.2) is 65.4 Å². The summed E-state index contributed by atoms with van der Waals surface area (Å²) < 4.78 is 2.09. The fourth-order valence-corrected chi connectivity index (χ4v) is 3.23. The van der Waals surface area contributed by atoms with Crippen molar-refractivity contribution < 1.29 is 0 Å². The molecule has 2 N–H and O–H groups in total. The molecule has 0 amide bonds. The molecule has 0 saturated carbocycles. The number of hydrogen-bond donors (Lipinski definition) is 2. The Hall–Kier alpha value is -0.900. The normalized spacial score (nSPS) is 16.5. The Morgan fingerprint density at radius 1 is 1.24 bits per heavy atom. The molecule has 0 spiro atoms. The molecule has 1 aliphatic heterocycles. The van der Waals surface area contributed by atoms with E-state index in [9.17, 15) is 0 Å². The van der Waals surface area contributed by atoms with Crippen LogP contribution >= 0.6 is 24.0 Å². The molecule has 7 nitrogen and oxygen atoms in total. The number of aromatic nitrogens is 3. The van der Waals surface area contributed by atoms with Gasteiger partial charge in [-0.15, -0.1) is 34.2 Å². The van der Waals surface area contributed by atoms with E-state index in [-0.39, 0.29) is 24.0 Å². The maximum atomic E-state index is 4.32. The van der Waals surface area contributed by atoms with E-state index in [1.807, 2.05) is 7.05 Å². The lowest BCUT2D eigenvalue weighted by atomic mass is 9.97. The van der Waals surface area contributed by atoms with Gasteiger partial charge in [-0.05, 0) is 44.8 Å². The Bertz CT molecular complexity index is 495. The maximum Gasteiger partial charge on any atom is 0.191 e. The molecule has 0 aliphatic carbocycles. The van der Waals surface area contributed by atoms with Crippen molar-refractivity contribution in [3.63, 3.8) is 0 Å². The number of halogens is 1. The summed E-state index contributed by atoms with van der Waals surface area (Å²) in [6, 6.07) is 0. The van der Waals surface area contributed by atoms with Gasteiger partial charge >= 0.3 is 0 Å². The minimum absolute atomic E-state index is 0. The van der Waals surface area contributed by atoms with Gasteiger partial charge in [-0.25, -0.2) is 0 Å². The van der Waals surface area contributed by atoms with Gasteiger partial charge in [0.25, 0.3) is 0 Å². The number of hydrogen-bond acceptors (Lipinski definition) is 4. The third-order valence-corrected chi connectivity index (χ3v) is 4.69.